The molecule has 4 rings (SSSR count). The summed E-state index contributed by atoms with van der Waals surface area (Å²) in [4.78, 5) is 35.9. The summed E-state index contributed by atoms with van der Waals surface area (Å²) >= 11 is 13.0. The number of thiocarbonyl (C=S) groups is 1. The normalized spacial score (nSPS) is 15.0. The van der Waals surface area contributed by atoms with Gasteiger partial charge in [0.15, 0.2) is 0 Å². The fourth-order valence-corrected chi connectivity index (χ4v) is 5.47. The molecular formula is C26H27ClN4O2S2. The summed E-state index contributed by atoms with van der Waals surface area (Å²) in [5, 5.41) is 0.579. The maximum Gasteiger partial charge on any atom is 0.267 e. The summed E-state index contributed by atoms with van der Waals surface area (Å²) in [5.74, 6) is 0.357. The number of anilines is 1. The van der Waals surface area contributed by atoms with E-state index in [1.807, 2.05) is 37.3 Å². The Morgan fingerprint density at radius 3 is 2.51 bits per heavy atom. The monoisotopic (exact) mass is 526 g/mol. The number of fused-ring (bicyclic) bond motifs is 1. The number of aryl methyl sites for hydroxylation is 1. The number of amides is 1. The first-order chi connectivity index (χ1) is 16.8. The first-order valence-corrected chi connectivity index (χ1v) is 13.2. The number of carbonyl (C=O) groups is 1. The van der Waals surface area contributed by atoms with Crippen LogP contribution in [0.2, 0.25) is 5.02 Å². The molecule has 0 unspecified atom stereocenters. The number of halogens is 1. The van der Waals surface area contributed by atoms with E-state index < -0.39 is 0 Å². The van der Waals surface area contributed by atoms with Crippen LogP contribution in [0.4, 0.5) is 5.82 Å². The summed E-state index contributed by atoms with van der Waals surface area (Å²) < 4.78 is 1.98. The fourth-order valence-electron chi connectivity index (χ4n) is 4.04. The maximum atomic E-state index is 13.7. The summed E-state index contributed by atoms with van der Waals surface area (Å²) in [5.41, 5.74) is 2.53. The molecule has 2 aromatic heterocycles. The van der Waals surface area contributed by atoms with Crippen LogP contribution in [0.25, 0.3) is 11.7 Å². The number of benzene rings is 1. The molecule has 1 aliphatic heterocycles. The number of hydrogen-bond acceptors (Lipinski definition) is 6. The van der Waals surface area contributed by atoms with E-state index in [4.69, 9.17) is 28.8 Å². The fraction of sp³-hybridized carbons (Fsp3) is 0.308. The molecule has 1 aromatic carbocycles. The third-order valence-electron chi connectivity index (χ3n) is 5.71. The molecule has 35 heavy (non-hydrogen) atoms. The molecule has 0 saturated carbocycles. The minimum atomic E-state index is -0.239. The highest BCUT2D eigenvalue weighted by Crippen LogP contribution is 2.35. The average Bonchev–Trinajstić information content (AvgIpc) is 3.09. The minimum Gasteiger partial charge on any atom is -0.356 e. The van der Waals surface area contributed by atoms with Gasteiger partial charge in [0.2, 0.25) is 0 Å². The molecule has 0 spiro atoms. The van der Waals surface area contributed by atoms with Gasteiger partial charge in [-0.2, -0.15) is 0 Å². The van der Waals surface area contributed by atoms with Gasteiger partial charge in [-0.05, 0) is 49.1 Å². The van der Waals surface area contributed by atoms with Gasteiger partial charge in [-0.1, -0.05) is 73.7 Å². The predicted molar refractivity (Wildman–Crippen MR) is 149 cm³/mol. The molecule has 0 N–H and O–H groups in total. The van der Waals surface area contributed by atoms with Crippen molar-refractivity contribution in [2.75, 3.05) is 18.0 Å². The lowest BCUT2D eigenvalue weighted by Crippen LogP contribution is -2.31. The highest BCUT2D eigenvalue weighted by atomic mass is 35.5. The molecule has 0 bridgehead atoms. The summed E-state index contributed by atoms with van der Waals surface area (Å²) in [6.45, 7) is 7.92. The average molecular weight is 527 g/mol. The molecule has 1 saturated heterocycles. The first-order valence-electron chi connectivity index (χ1n) is 11.6. The Morgan fingerprint density at radius 1 is 1.11 bits per heavy atom. The first kappa shape index (κ1) is 25.4. The second-order valence-corrected chi connectivity index (χ2v) is 10.5. The van der Waals surface area contributed by atoms with Gasteiger partial charge < -0.3 is 4.90 Å². The number of pyridine rings is 1. The van der Waals surface area contributed by atoms with E-state index >= 15 is 0 Å². The minimum absolute atomic E-state index is 0.206. The number of thioether (sulfide) groups is 1. The van der Waals surface area contributed by atoms with Crippen molar-refractivity contribution in [3.05, 3.63) is 79.6 Å². The summed E-state index contributed by atoms with van der Waals surface area (Å²) in [6.07, 6.45) is 5.25. The second-order valence-electron chi connectivity index (χ2n) is 8.44. The topological polar surface area (TPSA) is 57.9 Å². The van der Waals surface area contributed by atoms with Crippen LogP contribution in [0, 0.1) is 6.92 Å². The van der Waals surface area contributed by atoms with Gasteiger partial charge in [-0.25, -0.2) is 4.98 Å². The Labute approximate surface area is 219 Å². The van der Waals surface area contributed by atoms with Crippen molar-refractivity contribution in [1.82, 2.24) is 14.3 Å². The largest absolute Gasteiger partial charge is 0.356 e. The van der Waals surface area contributed by atoms with Crippen LogP contribution in [0.1, 0.15) is 43.4 Å². The molecule has 3 heterocycles. The Bertz CT molecular complexity index is 1380. The van der Waals surface area contributed by atoms with Crippen molar-refractivity contribution in [2.45, 2.75) is 40.2 Å². The highest BCUT2D eigenvalue weighted by Gasteiger charge is 2.33. The zero-order chi connectivity index (χ0) is 25.1. The van der Waals surface area contributed by atoms with E-state index in [1.165, 1.54) is 16.7 Å². The molecule has 1 amide bonds. The molecular weight excluding hydrogens is 500 g/mol. The van der Waals surface area contributed by atoms with Gasteiger partial charge in [0.05, 0.1) is 17.0 Å². The third kappa shape index (κ3) is 5.29. The van der Waals surface area contributed by atoms with Crippen molar-refractivity contribution in [3.63, 3.8) is 0 Å². The van der Waals surface area contributed by atoms with Gasteiger partial charge in [0.25, 0.3) is 11.5 Å². The smallest absolute Gasteiger partial charge is 0.267 e. The predicted octanol–water partition coefficient (Wildman–Crippen LogP) is 5.68. The van der Waals surface area contributed by atoms with E-state index in [2.05, 4.69) is 18.7 Å². The number of hydrogen-bond donors (Lipinski definition) is 0. The van der Waals surface area contributed by atoms with Crippen LogP contribution in [0.15, 0.2) is 52.3 Å². The van der Waals surface area contributed by atoms with Crippen molar-refractivity contribution in [2.24, 2.45) is 0 Å². The molecule has 0 radical (unpaired) electrons. The van der Waals surface area contributed by atoms with Crippen molar-refractivity contribution < 1.29 is 4.79 Å². The summed E-state index contributed by atoms with van der Waals surface area (Å²) in [6, 6.07) is 11.2. The number of carbonyl (C=O) groups excluding carboxylic acids is 1. The van der Waals surface area contributed by atoms with Gasteiger partial charge in [0.1, 0.15) is 15.8 Å². The molecule has 1 aliphatic rings. The maximum absolute atomic E-state index is 13.7. The van der Waals surface area contributed by atoms with E-state index in [-0.39, 0.29) is 18.0 Å². The molecule has 3 aromatic rings. The highest BCUT2D eigenvalue weighted by molar-refractivity contribution is 8.26. The van der Waals surface area contributed by atoms with E-state index in [1.54, 1.807) is 22.7 Å². The van der Waals surface area contributed by atoms with Gasteiger partial charge >= 0.3 is 0 Å². The van der Waals surface area contributed by atoms with Crippen molar-refractivity contribution in [1.29, 1.82) is 0 Å². The Hall–Kier alpha value is -2.68. The molecule has 182 valence electrons. The molecule has 9 heteroatoms. The molecule has 1 fully saturated rings. The van der Waals surface area contributed by atoms with Crippen LogP contribution in [0.5, 0.6) is 0 Å². The Balaban J connectivity index is 1.81. The number of rotatable bonds is 8. The van der Waals surface area contributed by atoms with Crippen LogP contribution in [-0.4, -0.2) is 37.6 Å². The lowest BCUT2D eigenvalue weighted by molar-refractivity contribution is -0.122. The van der Waals surface area contributed by atoms with Crippen LogP contribution >= 0.6 is 35.6 Å². The third-order valence-corrected chi connectivity index (χ3v) is 7.45. The van der Waals surface area contributed by atoms with Gasteiger partial charge in [-0.15, -0.1) is 0 Å². The molecule has 0 aliphatic carbocycles. The lowest BCUT2D eigenvalue weighted by atomic mass is 10.2. The van der Waals surface area contributed by atoms with Crippen LogP contribution in [0.3, 0.4) is 0 Å². The van der Waals surface area contributed by atoms with E-state index in [0.717, 1.165) is 37.1 Å². The zero-order valence-electron chi connectivity index (χ0n) is 20.0. The second kappa shape index (κ2) is 10.9. The quantitative estimate of drug-likeness (QED) is 0.278. The van der Waals surface area contributed by atoms with E-state index in [9.17, 15) is 9.59 Å². The van der Waals surface area contributed by atoms with Crippen molar-refractivity contribution >= 4 is 63.3 Å². The van der Waals surface area contributed by atoms with Gasteiger partial charge in [0, 0.05) is 24.3 Å². The Morgan fingerprint density at radius 2 is 1.83 bits per heavy atom. The van der Waals surface area contributed by atoms with Gasteiger partial charge in [-0.3, -0.25) is 18.9 Å². The Kier molecular flexibility index (Phi) is 7.94. The molecule has 6 nitrogen and oxygen atoms in total. The van der Waals surface area contributed by atoms with Crippen LogP contribution in [-0.2, 0) is 11.3 Å². The van der Waals surface area contributed by atoms with Crippen molar-refractivity contribution in [3.8, 4) is 0 Å². The lowest BCUT2D eigenvalue weighted by Gasteiger charge is -2.24. The number of aromatic nitrogens is 2. The SMILES string of the molecule is CCCN(CCC)c1nc2ccc(C)cn2c(=O)c1C=C1SC(=S)N(Cc2ccccc2Cl)C1=O. The van der Waals surface area contributed by atoms with E-state index in [0.29, 0.717) is 31.3 Å². The standard InChI is InChI=1S/C26H27ClN4O2S2/c1-4-12-29(13-5-2)23-19(24(32)30-15-17(3)10-11-22(30)28-23)14-21-25(33)31(26(34)35-21)16-18-8-6-7-9-20(18)27/h6-11,14-15H,4-5,12-13,16H2,1-3H3. The number of nitrogens with zero attached hydrogens (tertiary/aromatic N) is 4. The molecule has 0 atom stereocenters. The summed E-state index contributed by atoms with van der Waals surface area (Å²) in [7, 11) is 0. The zero-order valence-corrected chi connectivity index (χ0v) is 22.3. The van der Waals surface area contributed by atoms with Crippen LogP contribution < -0.4 is 10.5 Å².